The molecule has 0 radical (unpaired) electrons. The molecule has 0 aliphatic heterocycles. The number of carbonyl (C=O) groups is 8. The maximum atomic E-state index is 14.9. The minimum atomic E-state index is -2.66. The summed E-state index contributed by atoms with van der Waals surface area (Å²) in [6.45, 7) is 9.67. The molecule has 0 heterocycles. The lowest BCUT2D eigenvalue weighted by atomic mass is 9.51. The molecule has 0 spiro atoms. The Hall–Kier alpha value is -4.90. The number of hydrogen-bond acceptors (Lipinski definition) is 17. The SMILES string of the molecule is CC(=O)OCC(=O)O[C@@H]1[C@H]2[C@@H](OC(=O)c3ccccc3)[C@@H](C)C[C@]2(O)[C@H](OC(C)=O)[C@@]2(C)[C@H](OC(C)=O)[C@@]1(OC(C)=O)C[C@@]1(O)[C@@H](OC(C)=O)C(C)(C)C(=O)[C@@H]12. The zero-order chi connectivity index (χ0) is 41.9. The van der Waals surface area contributed by atoms with Crippen molar-refractivity contribution in [2.75, 3.05) is 6.61 Å². The molecule has 17 heteroatoms. The molecule has 4 saturated carbocycles. The molecule has 2 N–H and O–H groups in total. The fourth-order valence-electron chi connectivity index (χ4n) is 10.3. The van der Waals surface area contributed by atoms with E-state index in [4.69, 9.17) is 33.2 Å². The maximum Gasteiger partial charge on any atom is 0.344 e. The van der Waals surface area contributed by atoms with E-state index < -0.39 is 143 Å². The van der Waals surface area contributed by atoms with Gasteiger partial charge in [0.1, 0.15) is 35.3 Å². The molecular formula is C39H48O17. The summed E-state index contributed by atoms with van der Waals surface area (Å²) in [6.07, 6.45) is -10.6. The predicted octanol–water partition coefficient (Wildman–Crippen LogP) is 1.55. The summed E-state index contributed by atoms with van der Waals surface area (Å²) in [4.78, 5) is 107. The smallest absolute Gasteiger partial charge is 0.344 e. The summed E-state index contributed by atoms with van der Waals surface area (Å²) >= 11 is 0. The largest absolute Gasteiger partial charge is 0.459 e. The molecule has 4 aliphatic rings. The summed E-state index contributed by atoms with van der Waals surface area (Å²) in [5.41, 5.74) is -11.7. The van der Waals surface area contributed by atoms with Gasteiger partial charge in [0.15, 0.2) is 24.4 Å². The molecule has 1 aromatic rings. The number of aliphatic hydroxyl groups is 2. The topological polar surface area (TPSA) is 242 Å². The van der Waals surface area contributed by atoms with Gasteiger partial charge < -0.3 is 43.4 Å². The molecule has 4 aliphatic carbocycles. The Morgan fingerprint density at radius 2 is 1.27 bits per heavy atom. The monoisotopic (exact) mass is 788 g/mol. The second-order valence-corrected chi connectivity index (χ2v) is 16.2. The van der Waals surface area contributed by atoms with E-state index in [1.54, 1.807) is 25.1 Å². The lowest BCUT2D eigenvalue weighted by Crippen LogP contribution is -2.76. The number of rotatable bonds is 9. The van der Waals surface area contributed by atoms with E-state index in [0.29, 0.717) is 0 Å². The first-order chi connectivity index (χ1) is 25.9. The molecular weight excluding hydrogens is 740 g/mol. The fourth-order valence-corrected chi connectivity index (χ4v) is 10.3. The van der Waals surface area contributed by atoms with E-state index in [2.05, 4.69) is 0 Å². The Kier molecular flexibility index (Phi) is 11.0. The van der Waals surface area contributed by atoms with Crippen molar-refractivity contribution in [1.82, 2.24) is 0 Å². The van der Waals surface area contributed by atoms with Crippen molar-refractivity contribution < 1.29 is 81.7 Å². The molecule has 0 saturated heterocycles. The highest BCUT2D eigenvalue weighted by molar-refractivity contribution is 5.93. The highest BCUT2D eigenvalue weighted by Gasteiger charge is 2.87. The van der Waals surface area contributed by atoms with Crippen molar-refractivity contribution in [2.24, 2.45) is 28.6 Å². The summed E-state index contributed by atoms with van der Waals surface area (Å²) in [5, 5.41) is 26.5. The van der Waals surface area contributed by atoms with E-state index in [-0.39, 0.29) is 5.56 Å². The zero-order valence-electron chi connectivity index (χ0n) is 32.6. The molecule has 306 valence electrons. The fraction of sp³-hybridized carbons (Fsp3) is 0.641. The Morgan fingerprint density at radius 3 is 1.80 bits per heavy atom. The van der Waals surface area contributed by atoms with Crippen molar-refractivity contribution in [2.45, 2.75) is 122 Å². The normalized spacial score (nSPS) is 37.7. The van der Waals surface area contributed by atoms with Gasteiger partial charge in [0.05, 0.1) is 28.2 Å². The molecule has 2 bridgehead atoms. The Labute approximate surface area is 322 Å². The molecule has 0 amide bonds. The Bertz CT molecular complexity index is 1820. The first-order valence-electron chi connectivity index (χ1n) is 18.2. The second kappa shape index (κ2) is 14.6. The quantitative estimate of drug-likeness (QED) is 0.266. The first-order valence-corrected chi connectivity index (χ1v) is 18.2. The average molecular weight is 789 g/mol. The van der Waals surface area contributed by atoms with Crippen LogP contribution in [0, 0.1) is 28.6 Å². The summed E-state index contributed by atoms with van der Waals surface area (Å²) < 4.78 is 40.9. The number of ketones is 1. The minimum absolute atomic E-state index is 0.0859. The van der Waals surface area contributed by atoms with Crippen LogP contribution in [0.1, 0.15) is 85.5 Å². The molecule has 4 fully saturated rings. The third-order valence-corrected chi connectivity index (χ3v) is 11.8. The van der Waals surface area contributed by atoms with Crippen LogP contribution in [0.4, 0.5) is 0 Å². The van der Waals surface area contributed by atoms with Crippen LogP contribution in [0.5, 0.6) is 0 Å². The maximum absolute atomic E-state index is 14.9. The van der Waals surface area contributed by atoms with Crippen molar-refractivity contribution in [3.8, 4) is 0 Å². The van der Waals surface area contributed by atoms with E-state index in [1.807, 2.05) is 0 Å². The van der Waals surface area contributed by atoms with Gasteiger partial charge in [-0.2, -0.15) is 0 Å². The molecule has 5 rings (SSSR count). The summed E-state index contributed by atoms with van der Waals surface area (Å²) in [6, 6.07) is 7.74. The van der Waals surface area contributed by atoms with Crippen LogP contribution in [-0.2, 0) is 66.7 Å². The lowest BCUT2D eigenvalue weighted by molar-refractivity contribution is -0.301. The number of Topliss-reactive ketones (excluding diaryl/α,β-unsaturated/α-hetero) is 1. The summed E-state index contributed by atoms with van der Waals surface area (Å²) in [5.74, 6) is -12.3. The number of benzene rings is 1. The van der Waals surface area contributed by atoms with Crippen molar-refractivity contribution >= 4 is 47.6 Å². The van der Waals surface area contributed by atoms with Crippen LogP contribution in [0.3, 0.4) is 0 Å². The lowest BCUT2D eigenvalue weighted by Gasteiger charge is -2.60. The van der Waals surface area contributed by atoms with Crippen LogP contribution < -0.4 is 0 Å². The van der Waals surface area contributed by atoms with Gasteiger partial charge in [-0.25, -0.2) is 9.59 Å². The van der Waals surface area contributed by atoms with Crippen molar-refractivity contribution in [3.05, 3.63) is 35.9 Å². The standard InChI is InChI=1S/C39H48O17/c1-18-15-37(48)26(27(18)55-31(47)24-13-11-10-12-14-24)30(54-25(45)16-50-19(2)40)39(56-23(6)44)17-38(49)28(29(46)35(7,8)32(38)51-20(3)41)36(9,33(37)52-21(4)42)34(39)53-22(5)43/h10-14,18,26-28,30,32-34,48-49H,15-17H2,1-9H3/t18-,26+,27-,28+,30+,32-,33+,34-,36-,37+,38-,39+/m0/s1. The molecule has 0 unspecified atom stereocenters. The van der Waals surface area contributed by atoms with Gasteiger partial charge >= 0.3 is 41.8 Å². The second-order valence-electron chi connectivity index (χ2n) is 16.2. The number of fused-ring (bicyclic) bond motifs is 5. The van der Waals surface area contributed by atoms with E-state index in [1.165, 1.54) is 32.9 Å². The van der Waals surface area contributed by atoms with Crippen LogP contribution in [0.15, 0.2) is 30.3 Å². The Balaban J connectivity index is 1.93. The first kappa shape index (κ1) is 42.2. The molecule has 12 atom stereocenters. The average Bonchev–Trinajstić information content (AvgIpc) is 3.40. The third-order valence-electron chi connectivity index (χ3n) is 11.8. The van der Waals surface area contributed by atoms with E-state index in [9.17, 15) is 48.6 Å². The number of esters is 7. The van der Waals surface area contributed by atoms with Gasteiger partial charge in [0, 0.05) is 41.0 Å². The van der Waals surface area contributed by atoms with Gasteiger partial charge in [-0.05, 0) is 38.3 Å². The van der Waals surface area contributed by atoms with E-state index >= 15 is 0 Å². The van der Waals surface area contributed by atoms with Crippen molar-refractivity contribution in [3.63, 3.8) is 0 Å². The van der Waals surface area contributed by atoms with Gasteiger partial charge in [-0.3, -0.25) is 28.8 Å². The van der Waals surface area contributed by atoms with Gasteiger partial charge in [0.2, 0.25) is 0 Å². The minimum Gasteiger partial charge on any atom is -0.459 e. The van der Waals surface area contributed by atoms with Crippen LogP contribution >= 0.6 is 0 Å². The van der Waals surface area contributed by atoms with Gasteiger partial charge in [-0.1, -0.05) is 32.0 Å². The van der Waals surface area contributed by atoms with Crippen LogP contribution in [0.25, 0.3) is 0 Å². The van der Waals surface area contributed by atoms with E-state index in [0.717, 1.165) is 34.6 Å². The zero-order valence-corrected chi connectivity index (χ0v) is 32.6. The van der Waals surface area contributed by atoms with Gasteiger partial charge in [0.25, 0.3) is 0 Å². The van der Waals surface area contributed by atoms with Crippen LogP contribution in [-0.4, -0.2) is 112 Å². The number of hydrogen-bond donors (Lipinski definition) is 2. The summed E-state index contributed by atoms with van der Waals surface area (Å²) in [7, 11) is 0. The highest BCUT2D eigenvalue weighted by atomic mass is 16.6. The predicted molar refractivity (Wildman–Crippen MR) is 185 cm³/mol. The third kappa shape index (κ3) is 6.71. The molecule has 17 nitrogen and oxygen atoms in total. The van der Waals surface area contributed by atoms with Crippen molar-refractivity contribution in [1.29, 1.82) is 0 Å². The number of ether oxygens (including phenoxy) is 7. The number of carbonyl (C=O) groups excluding carboxylic acids is 8. The van der Waals surface area contributed by atoms with Crippen LogP contribution in [0.2, 0.25) is 0 Å². The molecule has 0 aromatic heterocycles. The highest BCUT2D eigenvalue weighted by Crippen LogP contribution is 2.70. The van der Waals surface area contributed by atoms with Gasteiger partial charge in [-0.15, -0.1) is 0 Å². The molecule has 56 heavy (non-hydrogen) atoms. The Morgan fingerprint density at radius 1 is 0.714 bits per heavy atom. The molecule has 1 aromatic carbocycles.